The van der Waals surface area contributed by atoms with Crippen molar-refractivity contribution in [3.63, 3.8) is 0 Å². The van der Waals surface area contributed by atoms with Gasteiger partial charge in [-0.25, -0.2) is 0 Å². The van der Waals surface area contributed by atoms with E-state index in [2.05, 4.69) is 11.9 Å². The molecule has 2 amide bonds. The Morgan fingerprint density at radius 2 is 1.81 bits per heavy atom. The van der Waals surface area contributed by atoms with E-state index in [4.69, 9.17) is 4.74 Å². The van der Waals surface area contributed by atoms with Crippen molar-refractivity contribution >= 4 is 11.8 Å². The van der Waals surface area contributed by atoms with E-state index in [0.29, 0.717) is 19.5 Å². The first-order chi connectivity index (χ1) is 13.1. The van der Waals surface area contributed by atoms with E-state index < -0.39 is 6.04 Å². The van der Waals surface area contributed by atoms with Crippen LogP contribution < -0.4 is 10.1 Å². The minimum atomic E-state index is -0.708. The van der Waals surface area contributed by atoms with E-state index in [9.17, 15) is 9.59 Å². The van der Waals surface area contributed by atoms with Gasteiger partial charge in [-0.2, -0.15) is 0 Å². The molecule has 2 rings (SSSR count). The van der Waals surface area contributed by atoms with Gasteiger partial charge < -0.3 is 15.0 Å². The third-order valence-electron chi connectivity index (χ3n) is 4.23. The highest BCUT2D eigenvalue weighted by Crippen LogP contribution is 2.25. The maximum absolute atomic E-state index is 12.9. The van der Waals surface area contributed by atoms with Crippen LogP contribution in [0, 0.1) is 0 Å². The average Bonchev–Trinajstić information content (AvgIpc) is 2.72. The molecule has 2 aromatic carbocycles. The van der Waals surface area contributed by atoms with Crippen LogP contribution in [0.2, 0.25) is 0 Å². The highest BCUT2D eigenvalue weighted by atomic mass is 16.5. The van der Waals surface area contributed by atoms with Gasteiger partial charge in [0.2, 0.25) is 11.8 Å². The fourth-order valence-electron chi connectivity index (χ4n) is 2.83. The predicted octanol–water partition coefficient (Wildman–Crippen LogP) is 3.48. The zero-order valence-corrected chi connectivity index (χ0v) is 15.9. The molecule has 0 fully saturated rings. The molecule has 27 heavy (non-hydrogen) atoms. The van der Waals surface area contributed by atoms with Crippen molar-refractivity contribution in [2.45, 2.75) is 25.9 Å². The number of hydrogen-bond acceptors (Lipinski definition) is 3. The number of benzene rings is 2. The van der Waals surface area contributed by atoms with Gasteiger partial charge in [0.25, 0.3) is 0 Å². The Kier molecular flexibility index (Phi) is 7.62. The Bertz CT molecular complexity index is 757. The highest BCUT2D eigenvalue weighted by Gasteiger charge is 2.30. The van der Waals surface area contributed by atoms with Crippen molar-refractivity contribution in [3.8, 4) is 5.75 Å². The molecule has 0 heterocycles. The van der Waals surface area contributed by atoms with Gasteiger partial charge in [0, 0.05) is 19.5 Å². The van der Waals surface area contributed by atoms with Gasteiger partial charge >= 0.3 is 0 Å². The summed E-state index contributed by atoms with van der Waals surface area (Å²) in [5.41, 5.74) is 1.70. The summed E-state index contributed by atoms with van der Waals surface area (Å²) < 4.78 is 5.19. The zero-order chi connectivity index (χ0) is 19.6. The molecule has 0 aliphatic carbocycles. The number of carbonyl (C=O) groups excluding carboxylic acids is 2. The molecule has 0 radical (unpaired) electrons. The summed E-state index contributed by atoms with van der Waals surface area (Å²) in [4.78, 5) is 27.2. The minimum Gasteiger partial charge on any atom is -0.497 e. The molecule has 0 unspecified atom stereocenters. The van der Waals surface area contributed by atoms with Crippen LogP contribution in [0.15, 0.2) is 67.3 Å². The second-order valence-corrected chi connectivity index (χ2v) is 6.07. The molecular weight excluding hydrogens is 340 g/mol. The van der Waals surface area contributed by atoms with E-state index in [-0.39, 0.29) is 11.8 Å². The molecule has 0 spiro atoms. The summed E-state index contributed by atoms with van der Waals surface area (Å²) >= 11 is 0. The largest absolute Gasteiger partial charge is 0.497 e. The topological polar surface area (TPSA) is 58.6 Å². The number of ether oxygens (including phenoxy) is 1. The standard InChI is InChI=1S/C22H26N2O3/c1-4-15-23-22(26)21(18-9-7-6-8-10-18)24(20(25)5-2)16-17-11-13-19(27-3)14-12-17/h4,6-14,21H,1,5,15-16H2,2-3H3,(H,23,26)/t21-/m1/s1. The molecule has 0 aliphatic rings. The fraction of sp³-hybridized carbons (Fsp3) is 0.273. The van der Waals surface area contributed by atoms with Crippen molar-refractivity contribution in [2.24, 2.45) is 0 Å². The summed E-state index contributed by atoms with van der Waals surface area (Å²) in [6.07, 6.45) is 1.93. The van der Waals surface area contributed by atoms with Crippen LogP contribution in [-0.2, 0) is 16.1 Å². The number of nitrogens with zero attached hydrogens (tertiary/aromatic N) is 1. The normalized spacial score (nSPS) is 11.3. The van der Waals surface area contributed by atoms with Crippen LogP contribution in [0.5, 0.6) is 5.75 Å². The first kappa shape index (κ1) is 20.2. The lowest BCUT2D eigenvalue weighted by atomic mass is 10.0. The molecule has 142 valence electrons. The summed E-state index contributed by atoms with van der Waals surface area (Å²) in [6.45, 7) is 6.11. The minimum absolute atomic E-state index is 0.0894. The van der Waals surface area contributed by atoms with E-state index in [1.54, 1.807) is 25.0 Å². The van der Waals surface area contributed by atoms with Gasteiger partial charge in [0.15, 0.2) is 0 Å². The van der Waals surface area contributed by atoms with Gasteiger partial charge in [0.1, 0.15) is 11.8 Å². The van der Waals surface area contributed by atoms with Crippen molar-refractivity contribution in [1.29, 1.82) is 0 Å². The second-order valence-electron chi connectivity index (χ2n) is 6.07. The van der Waals surface area contributed by atoms with Crippen molar-refractivity contribution in [2.75, 3.05) is 13.7 Å². The SMILES string of the molecule is C=CCNC(=O)[C@@H](c1ccccc1)N(Cc1ccc(OC)cc1)C(=O)CC. The van der Waals surface area contributed by atoms with Crippen LogP contribution in [0.3, 0.4) is 0 Å². The monoisotopic (exact) mass is 366 g/mol. The summed E-state index contributed by atoms with van der Waals surface area (Å²) in [7, 11) is 1.61. The van der Waals surface area contributed by atoms with E-state index in [0.717, 1.165) is 16.9 Å². The smallest absolute Gasteiger partial charge is 0.247 e. The van der Waals surface area contributed by atoms with Gasteiger partial charge in [-0.3, -0.25) is 9.59 Å². The maximum Gasteiger partial charge on any atom is 0.247 e. The van der Waals surface area contributed by atoms with Gasteiger partial charge in [-0.05, 0) is 23.3 Å². The number of carbonyl (C=O) groups is 2. The third-order valence-corrected chi connectivity index (χ3v) is 4.23. The first-order valence-electron chi connectivity index (χ1n) is 8.96. The number of nitrogens with one attached hydrogen (secondary N) is 1. The average molecular weight is 366 g/mol. The highest BCUT2D eigenvalue weighted by molar-refractivity contribution is 5.88. The summed E-state index contributed by atoms with van der Waals surface area (Å²) in [5, 5.41) is 2.82. The van der Waals surface area contributed by atoms with Crippen LogP contribution in [0.25, 0.3) is 0 Å². The van der Waals surface area contributed by atoms with Crippen molar-refractivity contribution < 1.29 is 14.3 Å². The lowest BCUT2D eigenvalue weighted by Gasteiger charge is -2.31. The fourth-order valence-corrected chi connectivity index (χ4v) is 2.83. The molecular formula is C22H26N2O3. The summed E-state index contributed by atoms with van der Waals surface area (Å²) in [5.74, 6) is 0.431. The predicted molar refractivity (Wildman–Crippen MR) is 106 cm³/mol. The Labute approximate surface area is 160 Å². The first-order valence-corrected chi connectivity index (χ1v) is 8.96. The van der Waals surface area contributed by atoms with Crippen molar-refractivity contribution in [1.82, 2.24) is 10.2 Å². The van der Waals surface area contributed by atoms with E-state index in [1.807, 2.05) is 54.6 Å². The molecule has 5 nitrogen and oxygen atoms in total. The Hall–Kier alpha value is -3.08. The number of rotatable bonds is 9. The molecule has 1 atom stereocenters. The molecule has 0 aliphatic heterocycles. The van der Waals surface area contributed by atoms with Crippen molar-refractivity contribution in [3.05, 3.63) is 78.4 Å². The third kappa shape index (κ3) is 5.45. The lowest BCUT2D eigenvalue weighted by Crippen LogP contribution is -2.43. The van der Waals surface area contributed by atoms with Crippen LogP contribution in [0.1, 0.15) is 30.5 Å². The van der Waals surface area contributed by atoms with Gasteiger partial charge in [-0.15, -0.1) is 6.58 Å². The molecule has 2 aromatic rings. The maximum atomic E-state index is 12.9. The van der Waals surface area contributed by atoms with E-state index in [1.165, 1.54) is 0 Å². The van der Waals surface area contributed by atoms with Gasteiger partial charge in [0.05, 0.1) is 7.11 Å². The Morgan fingerprint density at radius 1 is 1.15 bits per heavy atom. The lowest BCUT2D eigenvalue weighted by molar-refractivity contribution is -0.141. The molecule has 0 aromatic heterocycles. The van der Waals surface area contributed by atoms with Gasteiger partial charge in [-0.1, -0.05) is 55.5 Å². The molecule has 0 saturated carbocycles. The second kappa shape index (κ2) is 10.2. The quantitative estimate of drug-likeness (QED) is 0.691. The van der Waals surface area contributed by atoms with Crippen LogP contribution >= 0.6 is 0 Å². The molecule has 5 heteroatoms. The summed E-state index contributed by atoms with van der Waals surface area (Å²) in [6, 6.07) is 16.1. The van der Waals surface area contributed by atoms with E-state index >= 15 is 0 Å². The Balaban J connectivity index is 2.38. The number of amides is 2. The zero-order valence-electron chi connectivity index (χ0n) is 15.9. The van der Waals surface area contributed by atoms with Crippen LogP contribution in [-0.4, -0.2) is 30.4 Å². The molecule has 1 N–H and O–H groups in total. The Morgan fingerprint density at radius 3 is 2.37 bits per heavy atom. The number of methoxy groups -OCH3 is 1. The molecule has 0 bridgehead atoms. The van der Waals surface area contributed by atoms with Crippen LogP contribution in [0.4, 0.5) is 0 Å². The molecule has 0 saturated heterocycles. The number of hydrogen-bond donors (Lipinski definition) is 1.